The highest BCUT2D eigenvalue weighted by molar-refractivity contribution is 5.28. The van der Waals surface area contributed by atoms with Crippen LogP contribution in [0.1, 0.15) is 45.1 Å². The summed E-state index contributed by atoms with van der Waals surface area (Å²) in [5.74, 6) is 0.934. The van der Waals surface area contributed by atoms with Gasteiger partial charge in [0, 0.05) is 25.7 Å². The number of hydrogen-bond donors (Lipinski definition) is 1. The van der Waals surface area contributed by atoms with Crippen molar-refractivity contribution in [3.63, 3.8) is 0 Å². The Kier molecular flexibility index (Phi) is 9.11. The van der Waals surface area contributed by atoms with Gasteiger partial charge < -0.3 is 15.0 Å². The first-order valence-electron chi connectivity index (χ1n) is 8.20. The summed E-state index contributed by atoms with van der Waals surface area (Å²) < 4.78 is 5.26. The van der Waals surface area contributed by atoms with Crippen molar-refractivity contribution in [1.29, 1.82) is 0 Å². The van der Waals surface area contributed by atoms with Gasteiger partial charge in [-0.25, -0.2) is 0 Å². The third-order valence-electron chi connectivity index (χ3n) is 3.81. The van der Waals surface area contributed by atoms with Crippen LogP contribution in [0.4, 0.5) is 0 Å². The fourth-order valence-corrected chi connectivity index (χ4v) is 2.47. The van der Waals surface area contributed by atoms with E-state index in [-0.39, 0.29) is 0 Å². The highest BCUT2D eigenvalue weighted by atomic mass is 16.5. The van der Waals surface area contributed by atoms with Crippen molar-refractivity contribution in [2.24, 2.45) is 0 Å². The molecule has 0 aliphatic rings. The first-order chi connectivity index (χ1) is 10.2. The third kappa shape index (κ3) is 8.08. The predicted octanol–water partition coefficient (Wildman–Crippen LogP) is 3.69. The summed E-state index contributed by atoms with van der Waals surface area (Å²) in [6.07, 6.45) is 5.27. The Morgan fingerprint density at radius 1 is 1.29 bits per heavy atom. The van der Waals surface area contributed by atoms with Gasteiger partial charge in [0.15, 0.2) is 0 Å². The summed E-state index contributed by atoms with van der Waals surface area (Å²) in [5, 5.41) is 3.61. The van der Waals surface area contributed by atoms with Gasteiger partial charge in [0.2, 0.25) is 0 Å². The topological polar surface area (TPSA) is 24.5 Å². The summed E-state index contributed by atoms with van der Waals surface area (Å²) in [4.78, 5) is 2.35. The van der Waals surface area contributed by atoms with Crippen LogP contribution < -0.4 is 10.1 Å². The van der Waals surface area contributed by atoms with E-state index in [4.69, 9.17) is 4.74 Å². The van der Waals surface area contributed by atoms with Crippen molar-refractivity contribution in [2.45, 2.75) is 52.1 Å². The van der Waals surface area contributed by atoms with E-state index < -0.39 is 0 Å². The molecule has 1 unspecified atom stereocenters. The van der Waals surface area contributed by atoms with Crippen LogP contribution >= 0.6 is 0 Å². The average Bonchev–Trinajstić information content (AvgIpc) is 2.47. The zero-order valence-electron chi connectivity index (χ0n) is 14.2. The van der Waals surface area contributed by atoms with Crippen molar-refractivity contribution < 1.29 is 4.74 Å². The molecule has 1 atom stereocenters. The summed E-state index contributed by atoms with van der Waals surface area (Å²) in [6, 6.07) is 8.93. The van der Waals surface area contributed by atoms with Crippen LogP contribution in [0, 0.1) is 0 Å². The molecule has 0 spiro atoms. The van der Waals surface area contributed by atoms with Crippen molar-refractivity contribution in [3.05, 3.63) is 29.8 Å². The quantitative estimate of drug-likeness (QED) is 0.630. The van der Waals surface area contributed by atoms with E-state index in [0.29, 0.717) is 6.04 Å². The lowest BCUT2D eigenvalue weighted by atomic mass is 10.1. The molecule has 0 saturated carbocycles. The van der Waals surface area contributed by atoms with E-state index in [2.05, 4.69) is 49.3 Å². The molecule has 120 valence electrons. The number of likely N-dealkylation sites (N-methyl/N-ethyl adjacent to an activating group) is 1. The van der Waals surface area contributed by atoms with Gasteiger partial charge in [-0.05, 0) is 38.1 Å². The van der Waals surface area contributed by atoms with Gasteiger partial charge >= 0.3 is 0 Å². The number of benzene rings is 1. The van der Waals surface area contributed by atoms with Gasteiger partial charge in [-0.2, -0.15) is 0 Å². The number of unbranched alkanes of at least 4 members (excludes halogenated alkanes) is 2. The summed E-state index contributed by atoms with van der Waals surface area (Å²) in [6.45, 7) is 7.62. The SMILES string of the molecule is CCCCCC(C)NCCN(C)Cc1cccc(OC)c1. The molecule has 3 heteroatoms. The number of methoxy groups -OCH3 is 1. The second-order valence-electron chi connectivity index (χ2n) is 5.94. The molecule has 0 bridgehead atoms. The van der Waals surface area contributed by atoms with Crippen molar-refractivity contribution in [2.75, 3.05) is 27.2 Å². The molecule has 0 fully saturated rings. The normalized spacial score (nSPS) is 12.6. The minimum Gasteiger partial charge on any atom is -0.497 e. The lowest BCUT2D eigenvalue weighted by Gasteiger charge is -2.19. The zero-order chi connectivity index (χ0) is 15.5. The predicted molar refractivity (Wildman–Crippen MR) is 90.9 cm³/mol. The summed E-state index contributed by atoms with van der Waals surface area (Å²) in [7, 11) is 3.88. The fourth-order valence-electron chi connectivity index (χ4n) is 2.47. The molecule has 0 saturated heterocycles. The molecule has 0 amide bonds. The van der Waals surface area contributed by atoms with E-state index >= 15 is 0 Å². The molecular formula is C18H32N2O. The lowest BCUT2D eigenvalue weighted by Crippen LogP contribution is -2.34. The van der Waals surface area contributed by atoms with E-state index in [0.717, 1.165) is 25.4 Å². The van der Waals surface area contributed by atoms with Crippen LogP contribution in [-0.4, -0.2) is 38.2 Å². The van der Waals surface area contributed by atoms with Crippen LogP contribution in [0.5, 0.6) is 5.75 Å². The smallest absolute Gasteiger partial charge is 0.119 e. The van der Waals surface area contributed by atoms with Crippen molar-refractivity contribution in [1.82, 2.24) is 10.2 Å². The van der Waals surface area contributed by atoms with E-state index in [1.807, 2.05) is 6.07 Å². The number of hydrogen-bond acceptors (Lipinski definition) is 3. The molecule has 1 N–H and O–H groups in total. The highest BCUT2D eigenvalue weighted by Gasteiger charge is 2.04. The fraction of sp³-hybridized carbons (Fsp3) is 0.667. The third-order valence-corrected chi connectivity index (χ3v) is 3.81. The molecule has 0 heterocycles. The van der Waals surface area contributed by atoms with Crippen LogP contribution in [0.25, 0.3) is 0 Å². The first-order valence-corrected chi connectivity index (χ1v) is 8.20. The minimum absolute atomic E-state index is 0.627. The maximum Gasteiger partial charge on any atom is 0.119 e. The Morgan fingerprint density at radius 3 is 2.81 bits per heavy atom. The van der Waals surface area contributed by atoms with Crippen LogP contribution in [-0.2, 0) is 6.54 Å². The lowest BCUT2D eigenvalue weighted by molar-refractivity contribution is 0.315. The van der Waals surface area contributed by atoms with E-state index in [1.54, 1.807) is 7.11 Å². The number of nitrogens with zero attached hydrogens (tertiary/aromatic N) is 1. The standard InChI is InChI=1S/C18H32N2O/c1-5-6-7-9-16(2)19-12-13-20(3)15-17-10-8-11-18(14-17)21-4/h8,10-11,14,16,19H,5-7,9,12-13,15H2,1-4H3. The molecule has 3 nitrogen and oxygen atoms in total. The maximum absolute atomic E-state index is 5.26. The van der Waals surface area contributed by atoms with Crippen molar-refractivity contribution >= 4 is 0 Å². The van der Waals surface area contributed by atoms with Crippen molar-refractivity contribution in [3.8, 4) is 5.75 Å². The van der Waals surface area contributed by atoms with Gasteiger partial charge in [0.05, 0.1) is 7.11 Å². The molecule has 1 aromatic rings. The summed E-state index contributed by atoms with van der Waals surface area (Å²) >= 11 is 0. The van der Waals surface area contributed by atoms with Gasteiger partial charge in [-0.1, -0.05) is 38.3 Å². The van der Waals surface area contributed by atoms with Crippen LogP contribution in [0.2, 0.25) is 0 Å². The molecule has 0 aliphatic heterocycles. The number of rotatable bonds is 11. The molecule has 0 radical (unpaired) electrons. The van der Waals surface area contributed by atoms with Gasteiger partial charge in [-0.3, -0.25) is 0 Å². The number of ether oxygens (including phenoxy) is 1. The molecule has 21 heavy (non-hydrogen) atoms. The average molecular weight is 292 g/mol. The molecule has 1 rings (SSSR count). The Labute approximate surface area is 130 Å². The number of nitrogens with one attached hydrogen (secondary N) is 1. The maximum atomic E-state index is 5.26. The summed E-state index contributed by atoms with van der Waals surface area (Å²) in [5.41, 5.74) is 1.30. The van der Waals surface area contributed by atoms with E-state index in [9.17, 15) is 0 Å². The van der Waals surface area contributed by atoms with Gasteiger partial charge in [0.25, 0.3) is 0 Å². The minimum atomic E-state index is 0.627. The molecule has 0 aliphatic carbocycles. The second-order valence-corrected chi connectivity index (χ2v) is 5.94. The Balaban J connectivity index is 2.19. The Hall–Kier alpha value is -1.06. The van der Waals surface area contributed by atoms with Crippen LogP contribution in [0.15, 0.2) is 24.3 Å². The van der Waals surface area contributed by atoms with Gasteiger partial charge in [-0.15, -0.1) is 0 Å². The molecule has 0 aromatic heterocycles. The Bertz CT molecular complexity index is 381. The Morgan fingerprint density at radius 2 is 2.10 bits per heavy atom. The van der Waals surface area contributed by atoms with Gasteiger partial charge in [0.1, 0.15) is 5.75 Å². The van der Waals surface area contributed by atoms with E-state index in [1.165, 1.54) is 31.2 Å². The zero-order valence-corrected chi connectivity index (χ0v) is 14.2. The first kappa shape index (κ1) is 18.0. The monoisotopic (exact) mass is 292 g/mol. The van der Waals surface area contributed by atoms with Crippen LogP contribution in [0.3, 0.4) is 0 Å². The molecular weight excluding hydrogens is 260 g/mol. The highest BCUT2D eigenvalue weighted by Crippen LogP contribution is 2.13. The largest absolute Gasteiger partial charge is 0.497 e. The second kappa shape index (κ2) is 10.6. The molecule has 1 aromatic carbocycles.